The van der Waals surface area contributed by atoms with Crippen molar-refractivity contribution >= 4 is 40.7 Å². The lowest BCUT2D eigenvalue weighted by molar-refractivity contribution is -0.157. The fourth-order valence-corrected chi connectivity index (χ4v) is 4.07. The number of carbonyl (C=O) groups excluding carboxylic acids is 3. The van der Waals surface area contributed by atoms with E-state index in [9.17, 15) is 14.4 Å². The Morgan fingerprint density at radius 3 is 2.30 bits per heavy atom. The van der Waals surface area contributed by atoms with Gasteiger partial charge in [-0.05, 0) is 20.8 Å². The third-order valence-corrected chi connectivity index (χ3v) is 5.82. The van der Waals surface area contributed by atoms with E-state index in [0.29, 0.717) is 0 Å². The Hall–Kier alpha value is -0.610. The summed E-state index contributed by atoms with van der Waals surface area (Å²) in [6.45, 7) is 6.84. The van der Waals surface area contributed by atoms with E-state index in [0.717, 1.165) is 0 Å². The summed E-state index contributed by atoms with van der Waals surface area (Å²) < 4.78 is 5.20. The molecule has 0 amide bonds. The highest BCUT2D eigenvalue weighted by Crippen LogP contribution is 2.61. The summed E-state index contributed by atoms with van der Waals surface area (Å²) in [6, 6.07) is 0. The molecule has 5 atom stereocenters. The molecule has 0 bridgehead atoms. The van der Waals surface area contributed by atoms with Crippen LogP contribution in [0.2, 0.25) is 0 Å². The van der Waals surface area contributed by atoms with Crippen molar-refractivity contribution in [2.45, 2.75) is 38.4 Å². The fraction of sp³-hybridized carbons (Fsp3) is 0.786. The van der Waals surface area contributed by atoms with Gasteiger partial charge in [0.15, 0.2) is 0 Å². The molecule has 0 aromatic heterocycles. The lowest BCUT2D eigenvalue weighted by atomic mass is 9.59. The molecule has 0 heterocycles. The SMILES string of the molecule is CC(C)(C)C(=O)OC[C@H]1C(=O)C(=O)[C@@H]2[C@@H](Cl)[C@H](Cl)[C@@]21C. The molecule has 112 valence electrons. The molecule has 0 unspecified atom stereocenters. The van der Waals surface area contributed by atoms with Crippen molar-refractivity contribution in [2.24, 2.45) is 22.7 Å². The van der Waals surface area contributed by atoms with Crippen molar-refractivity contribution in [3.8, 4) is 0 Å². The van der Waals surface area contributed by atoms with E-state index in [1.54, 1.807) is 27.7 Å². The van der Waals surface area contributed by atoms with E-state index < -0.39 is 51.0 Å². The number of esters is 1. The Morgan fingerprint density at radius 2 is 1.80 bits per heavy atom. The maximum Gasteiger partial charge on any atom is 0.311 e. The number of rotatable bonds is 2. The zero-order valence-electron chi connectivity index (χ0n) is 11.9. The van der Waals surface area contributed by atoms with E-state index in [1.807, 2.05) is 0 Å². The van der Waals surface area contributed by atoms with Gasteiger partial charge >= 0.3 is 5.97 Å². The van der Waals surface area contributed by atoms with Crippen LogP contribution in [0.4, 0.5) is 0 Å². The predicted molar refractivity (Wildman–Crippen MR) is 74.8 cm³/mol. The summed E-state index contributed by atoms with van der Waals surface area (Å²) in [5, 5.41) is -0.996. The molecule has 2 aliphatic carbocycles. The molecular formula is C14H18Cl2O4. The summed E-state index contributed by atoms with van der Waals surface area (Å²) in [6.07, 6.45) is 0. The lowest BCUT2D eigenvalue weighted by Gasteiger charge is -2.51. The van der Waals surface area contributed by atoms with E-state index in [-0.39, 0.29) is 6.61 Å². The van der Waals surface area contributed by atoms with Crippen LogP contribution in [0.15, 0.2) is 0 Å². The zero-order chi connectivity index (χ0) is 15.5. The number of Topliss-reactive ketones (excluding diaryl/α,β-unsaturated/α-hetero) is 2. The maximum absolute atomic E-state index is 12.1. The highest BCUT2D eigenvalue weighted by molar-refractivity contribution is 6.46. The molecule has 0 aromatic rings. The van der Waals surface area contributed by atoms with Crippen molar-refractivity contribution in [3.63, 3.8) is 0 Å². The van der Waals surface area contributed by atoms with E-state index in [2.05, 4.69) is 0 Å². The molecule has 0 N–H and O–H groups in total. The van der Waals surface area contributed by atoms with Gasteiger partial charge < -0.3 is 4.74 Å². The molecular weight excluding hydrogens is 303 g/mol. The van der Waals surface area contributed by atoms with Crippen molar-refractivity contribution in [1.82, 2.24) is 0 Å². The first-order valence-corrected chi connectivity index (χ1v) is 7.43. The number of halogens is 2. The number of fused-ring (bicyclic) bond motifs is 1. The predicted octanol–water partition coefficient (Wildman–Crippen LogP) is 2.19. The quantitative estimate of drug-likeness (QED) is 0.444. The molecule has 2 rings (SSSR count). The minimum Gasteiger partial charge on any atom is -0.464 e. The molecule has 20 heavy (non-hydrogen) atoms. The van der Waals surface area contributed by atoms with Crippen LogP contribution in [0.5, 0.6) is 0 Å². The first kappa shape index (κ1) is 15.8. The molecule has 2 aliphatic rings. The average Bonchev–Trinajstić information content (AvgIpc) is 2.52. The van der Waals surface area contributed by atoms with Gasteiger partial charge in [0, 0.05) is 5.41 Å². The van der Waals surface area contributed by atoms with Gasteiger partial charge in [0.25, 0.3) is 0 Å². The number of carbonyl (C=O) groups is 3. The molecule has 0 aromatic carbocycles. The van der Waals surface area contributed by atoms with E-state index in [1.165, 1.54) is 0 Å². The lowest BCUT2D eigenvalue weighted by Crippen LogP contribution is -2.60. The summed E-state index contributed by atoms with van der Waals surface area (Å²) >= 11 is 12.2. The topological polar surface area (TPSA) is 60.4 Å². The zero-order valence-corrected chi connectivity index (χ0v) is 13.4. The number of ether oxygens (including phenoxy) is 1. The maximum atomic E-state index is 12.1. The monoisotopic (exact) mass is 320 g/mol. The van der Waals surface area contributed by atoms with Crippen molar-refractivity contribution < 1.29 is 19.1 Å². The van der Waals surface area contributed by atoms with Crippen LogP contribution in [-0.4, -0.2) is 34.9 Å². The van der Waals surface area contributed by atoms with Crippen LogP contribution in [0, 0.1) is 22.7 Å². The second-order valence-electron chi connectivity index (χ2n) is 6.82. The minimum atomic E-state index is -0.708. The molecule has 2 fully saturated rings. The summed E-state index contributed by atoms with van der Waals surface area (Å²) in [4.78, 5) is 35.8. The van der Waals surface area contributed by atoms with Gasteiger partial charge in [0.05, 0.1) is 28.0 Å². The molecule has 6 heteroatoms. The van der Waals surface area contributed by atoms with Gasteiger partial charge in [-0.3, -0.25) is 14.4 Å². The Morgan fingerprint density at radius 1 is 1.25 bits per heavy atom. The molecule has 2 saturated carbocycles. The Bertz CT molecular complexity index is 482. The normalized spacial score (nSPS) is 40.3. The number of hydrogen-bond donors (Lipinski definition) is 0. The van der Waals surface area contributed by atoms with Crippen LogP contribution in [0.1, 0.15) is 27.7 Å². The van der Waals surface area contributed by atoms with Gasteiger partial charge in [0.1, 0.15) is 6.61 Å². The third kappa shape index (κ3) is 2.00. The van der Waals surface area contributed by atoms with Crippen molar-refractivity contribution in [1.29, 1.82) is 0 Å². The second-order valence-corrected chi connectivity index (χ2v) is 7.79. The molecule has 0 aliphatic heterocycles. The summed E-state index contributed by atoms with van der Waals surface area (Å²) in [5.41, 5.74) is -1.36. The van der Waals surface area contributed by atoms with Gasteiger partial charge in [-0.2, -0.15) is 0 Å². The van der Waals surface area contributed by atoms with Crippen molar-refractivity contribution in [2.75, 3.05) is 6.61 Å². The highest BCUT2D eigenvalue weighted by atomic mass is 35.5. The second kappa shape index (κ2) is 4.70. The Balaban J connectivity index is 2.14. The van der Waals surface area contributed by atoms with E-state index >= 15 is 0 Å². The smallest absolute Gasteiger partial charge is 0.311 e. The molecule has 0 saturated heterocycles. The molecule has 0 spiro atoms. The van der Waals surface area contributed by atoms with Gasteiger partial charge in [-0.25, -0.2) is 0 Å². The Kier molecular flexibility index (Phi) is 3.71. The fourth-order valence-electron chi connectivity index (χ4n) is 2.98. The van der Waals surface area contributed by atoms with Crippen LogP contribution in [-0.2, 0) is 19.1 Å². The van der Waals surface area contributed by atoms with Crippen LogP contribution in [0.25, 0.3) is 0 Å². The first-order chi connectivity index (χ1) is 9.02. The molecule has 0 radical (unpaired) electrons. The van der Waals surface area contributed by atoms with Crippen LogP contribution < -0.4 is 0 Å². The number of alkyl halides is 2. The first-order valence-electron chi connectivity index (χ1n) is 6.56. The summed E-state index contributed by atoms with van der Waals surface area (Å²) in [5.74, 6) is -2.66. The van der Waals surface area contributed by atoms with Crippen LogP contribution >= 0.6 is 23.2 Å². The third-order valence-electron chi connectivity index (χ3n) is 4.45. The van der Waals surface area contributed by atoms with Crippen molar-refractivity contribution in [3.05, 3.63) is 0 Å². The van der Waals surface area contributed by atoms with Crippen LogP contribution in [0.3, 0.4) is 0 Å². The number of ketones is 2. The minimum absolute atomic E-state index is 0.111. The largest absolute Gasteiger partial charge is 0.464 e. The van der Waals surface area contributed by atoms with Gasteiger partial charge in [0.2, 0.25) is 11.6 Å². The van der Waals surface area contributed by atoms with Gasteiger partial charge in [-0.15, -0.1) is 23.2 Å². The number of hydrogen-bond acceptors (Lipinski definition) is 4. The van der Waals surface area contributed by atoms with E-state index in [4.69, 9.17) is 27.9 Å². The average molecular weight is 321 g/mol. The highest BCUT2D eigenvalue weighted by Gasteiger charge is 2.72. The summed E-state index contributed by atoms with van der Waals surface area (Å²) in [7, 11) is 0. The standard InChI is InChI=1S/C14H18Cl2O4/c1-13(2,3)12(19)20-5-6-9(17)10(18)7-8(15)11(16)14(6,7)4/h6-8,11H,5H2,1-4H3/t6-,7-,8+,11-,14+/m0/s1. The Labute approximate surface area is 128 Å². The molecule has 4 nitrogen and oxygen atoms in total. The van der Waals surface area contributed by atoms with Gasteiger partial charge in [-0.1, -0.05) is 6.92 Å².